The Bertz CT molecular complexity index is 845. The lowest BCUT2D eigenvalue weighted by Gasteiger charge is -2.05. The number of benzene rings is 1. The van der Waals surface area contributed by atoms with E-state index in [1.165, 1.54) is 0 Å². The van der Waals surface area contributed by atoms with Gasteiger partial charge in [-0.25, -0.2) is 9.97 Å². The van der Waals surface area contributed by atoms with Crippen LogP contribution in [0.25, 0.3) is 22.3 Å². The third-order valence-electron chi connectivity index (χ3n) is 3.40. The van der Waals surface area contributed by atoms with E-state index in [1.54, 1.807) is 6.20 Å². The molecule has 1 aromatic carbocycles. The Morgan fingerprint density at radius 3 is 2.82 bits per heavy atom. The van der Waals surface area contributed by atoms with Crippen LogP contribution in [-0.4, -0.2) is 21.1 Å². The molecule has 0 aliphatic carbocycles. The summed E-state index contributed by atoms with van der Waals surface area (Å²) in [5.74, 6) is 0. The average Bonchev–Trinajstić information content (AvgIpc) is 2.85. The van der Waals surface area contributed by atoms with Gasteiger partial charge >= 0.3 is 0 Å². The molecule has 0 radical (unpaired) electrons. The summed E-state index contributed by atoms with van der Waals surface area (Å²) in [6.07, 6.45) is 4.23. The Morgan fingerprint density at radius 1 is 1.32 bits per heavy atom. The molecule has 0 saturated carbocycles. The summed E-state index contributed by atoms with van der Waals surface area (Å²) in [6.45, 7) is 0.655. The molecule has 1 N–H and O–H groups in total. The maximum Gasteiger partial charge on any atom is 0.159 e. The third kappa shape index (κ3) is 2.81. The van der Waals surface area contributed by atoms with Crippen LogP contribution in [0.2, 0.25) is 0 Å². The molecule has 2 heterocycles. The highest BCUT2D eigenvalue weighted by atomic mass is 79.9. The highest BCUT2D eigenvalue weighted by Gasteiger charge is 2.11. The SMILES string of the molecule is Cn1cc(-c2ccc(NCCC#N)cc2)c2nc(Br)cnc21. The molecule has 3 aromatic rings. The first-order valence-electron chi connectivity index (χ1n) is 6.88. The zero-order valence-corrected chi connectivity index (χ0v) is 13.6. The average molecular weight is 356 g/mol. The van der Waals surface area contributed by atoms with Crippen molar-refractivity contribution in [2.24, 2.45) is 7.05 Å². The summed E-state index contributed by atoms with van der Waals surface area (Å²) in [4.78, 5) is 8.94. The molecule has 0 bridgehead atoms. The van der Waals surface area contributed by atoms with E-state index in [9.17, 15) is 0 Å². The molecule has 0 aliphatic rings. The van der Waals surface area contributed by atoms with Crippen molar-refractivity contribution < 1.29 is 0 Å². The maximum absolute atomic E-state index is 8.55. The number of rotatable bonds is 4. The standard InChI is InChI=1S/C16H14BrN5/c1-22-10-13(15-16(22)20-9-14(17)21-15)11-3-5-12(6-4-11)19-8-2-7-18/h3-6,9-10,19H,2,8H2,1H3. The minimum absolute atomic E-state index is 0.495. The molecule has 22 heavy (non-hydrogen) atoms. The molecule has 110 valence electrons. The number of nitrogens with zero attached hydrogens (tertiary/aromatic N) is 4. The van der Waals surface area contributed by atoms with Crippen LogP contribution in [0.3, 0.4) is 0 Å². The van der Waals surface area contributed by atoms with Gasteiger partial charge in [0.15, 0.2) is 5.65 Å². The number of nitrogens with one attached hydrogen (secondary N) is 1. The zero-order chi connectivity index (χ0) is 15.5. The van der Waals surface area contributed by atoms with Gasteiger partial charge in [-0.15, -0.1) is 0 Å². The van der Waals surface area contributed by atoms with Crippen molar-refractivity contribution in [3.63, 3.8) is 0 Å². The van der Waals surface area contributed by atoms with Crippen molar-refractivity contribution in [1.29, 1.82) is 5.26 Å². The Balaban J connectivity index is 1.94. The molecule has 0 saturated heterocycles. The van der Waals surface area contributed by atoms with E-state index >= 15 is 0 Å². The van der Waals surface area contributed by atoms with Crippen LogP contribution >= 0.6 is 15.9 Å². The number of hydrogen-bond acceptors (Lipinski definition) is 4. The quantitative estimate of drug-likeness (QED) is 0.724. The van der Waals surface area contributed by atoms with Crippen molar-refractivity contribution in [3.05, 3.63) is 41.3 Å². The lowest BCUT2D eigenvalue weighted by atomic mass is 10.1. The van der Waals surface area contributed by atoms with Crippen molar-refractivity contribution in [2.75, 3.05) is 11.9 Å². The lowest BCUT2D eigenvalue weighted by Crippen LogP contribution is -1.99. The van der Waals surface area contributed by atoms with Gasteiger partial charge in [-0.3, -0.25) is 0 Å². The summed E-state index contributed by atoms with van der Waals surface area (Å²) < 4.78 is 2.70. The summed E-state index contributed by atoms with van der Waals surface area (Å²) in [5.41, 5.74) is 4.88. The van der Waals surface area contributed by atoms with Crippen molar-refractivity contribution in [1.82, 2.24) is 14.5 Å². The van der Waals surface area contributed by atoms with Gasteiger partial charge in [0.05, 0.1) is 18.7 Å². The summed E-state index contributed by atoms with van der Waals surface area (Å²) in [5, 5.41) is 11.8. The Hall–Kier alpha value is -2.39. The normalized spacial score (nSPS) is 10.6. The second-order valence-corrected chi connectivity index (χ2v) is 5.74. The lowest BCUT2D eigenvalue weighted by molar-refractivity contribution is 0.945. The molecule has 0 aliphatic heterocycles. The number of fused-ring (bicyclic) bond motifs is 1. The predicted octanol–water partition coefficient (Wildman–Crippen LogP) is 3.72. The van der Waals surface area contributed by atoms with Crippen molar-refractivity contribution in [3.8, 4) is 17.2 Å². The van der Waals surface area contributed by atoms with E-state index in [2.05, 4.69) is 37.3 Å². The van der Waals surface area contributed by atoms with E-state index in [4.69, 9.17) is 5.26 Å². The van der Waals surface area contributed by atoms with Crippen molar-refractivity contribution >= 4 is 32.8 Å². The van der Waals surface area contributed by atoms with Crippen LogP contribution in [0, 0.1) is 11.3 Å². The van der Waals surface area contributed by atoms with Gasteiger partial charge in [-0.2, -0.15) is 5.26 Å². The van der Waals surface area contributed by atoms with E-state index in [0.717, 1.165) is 32.6 Å². The molecule has 0 fully saturated rings. The molecule has 3 rings (SSSR count). The predicted molar refractivity (Wildman–Crippen MR) is 90.4 cm³/mol. The van der Waals surface area contributed by atoms with Gasteiger partial charge in [-0.05, 0) is 33.6 Å². The van der Waals surface area contributed by atoms with E-state index in [0.29, 0.717) is 13.0 Å². The maximum atomic E-state index is 8.55. The third-order valence-corrected chi connectivity index (χ3v) is 3.78. The smallest absolute Gasteiger partial charge is 0.159 e. The Labute approximate surface area is 136 Å². The number of aromatic nitrogens is 3. The Morgan fingerprint density at radius 2 is 2.09 bits per heavy atom. The van der Waals surface area contributed by atoms with Crippen molar-refractivity contribution in [2.45, 2.75) is 6.42 Å². The van der Waals surface area contributed by atoms with Gasteiger partial charge in [0, 0.05) is 31.0 Å². The molecular weight excluding hydrogens is 342 g/mol. The first-order chi connectivity index (χ1) is 10.7. The first-order valence-corrected chi connectivity index (χ1v) is 7.67. The second-order valence-electron chi connectivity index (χ2n) is 4.93. The topological polar surface area (TPSA) is 66.5 Å². The number of anilines is 1. The Kier molecular flexibility index (Phi) is 4.07. The van der Waals surface area contributed by atoms with Gasteiger partial charge in [-0.1, -0.05) is 12.1 Å². The van der Waals surface area contributed by atoms with Gasteiger partial charge in [0.2, 0.25) is 0 Å². The number of aryl methyl sites for hydroxylation is 1. The van der Waals surface area contributed by atoms with Crippen LogP contribution in [0.4, 0.5) is 5.69 Å². The summed E-state index contributed by atoms with van der Waals surface area (Å²) >= 11 is 3.38. The van der Waals surface area contributed by atoms with E-state index < -0.39 is 0 Å². The molecule has 6 heteroatoms. The fourth-order valence-electron chi connectivity index (χ4n) is 2.36. The summed E-state index contributed by atoms with van der Waals surface area (Å²) in [6, 6.07) is 10.2. The van der Waals surface area contributed by atoms with Gasteiger partial charge in [0.1, 0.15) is 10.1 Å². The van der Waals surface area contributed by atoms with Gasteiger partial charge < -0.3 is 9.88 Å². The molecule has 0 spiro atoms. The molecular formula is C16H14BrN5. The molecule has 0 unspecified atom stereocenters. The minimum atomic E-state index is 0.495. The molecule has 0 amide bonds. The van der Waals surface area contributed by atoms with Crippen LogP contribution in [-0.2, 0) is 7.05 Å². The largest absolute Gasteiger partial charge is 0.384 e. The van der Waals surface area contributed by atoms with E-state index in [1.807, 2.05) is 42.1 Å². The molecule has 5 nitrogen and oxygen atoms in total. The fraction of sp³-hybridized carbons (Fsp3) is 0.188. The highest BCUT2D eigenvalue weighted by molar-refractivity contribution is 9.10. The zero-order valence-electron chi connectivity index (χ0n) is 12.0. The number of nitriles is 1. The molecule has 0 atom stereocenters. The van der Waals surface area contributed by atoms with Crippen LogP contribution in [0.5, 0.6) is 0 Å². The molecule has 2 aromatic heterocycles. The summed E-state index contributed by atoms with van der Waals surface area (Å²) in [7, 11) is 1.96. The second kappa shape index (κ2) is 6.16. The number of halogens is 1. The van der Waals surface area contributed by atoms with Crippen LogP contribution < -0.4 is 5.32 Å². The first kappa shape index (κ1) is 14.5. The highest BCUT2D eigenvalue weighted by Crippen LogP contribution is 2.29. The van der Waals surface area contributed by atoms with Crippen LogP contribution in [0.15, 0.2) is 41.3 Å². The van der Waals surface area contributed by atoms with E-state index in [-0.39, 0.29) is 0 Å². The van der Waals surface area contributed by atoms with Gasteiger partial charge in [0.25, 0.3) is 0 Å². The monoisotopic (exact) mass is 355 g/mol. The number of hydrogen-bond donors (Lipinski definition) is 1. The minimum Gasteiger partial charge on any atom is -0.384 e. The van der Waals surface area contributed by atoms with Crippen LogP contribution in [0.1, 0.15) is 6.42 Å². The fourth-order valence-corrected chi connectivity index (χ4v) is 2.64.